The summed E-state index contributed by atoms with van der Waals surface area (Å²) in [5.74, 6) is 0. The zero-order valence-electron chi connectivity index (χ0n) is 34.4. The number of rotatable bonds is 36. The first-order chi connectivity index (χ1) is 25.6. The smallest absolute Gasteiger partial charge is 0.253 e. The van der Waals surface area contributed by atoms with Crippen molar-refractivity contribution in [3.63, 3.8) is 0 Å². The van der Waals surface area contributed by atoms with Gasteiger partial charge in [-0.3, -0.25) is 24.1 Å². The second-order valence-corrected chi connectivity index (χ2v) is 15.8. The Morgan fingerprint density at radius 2 is 0.906 bits per heavy atom. The first-order valence-electron chi connectivity index (χ1n) is 21.6. The van der Waals surface area contributed by atoms with E-state index in [9.17, 15) is 24.3 Å². The van der Waals surface area contributed by atoms with E-state index in [0.717, 1.165) is 45.1 Å². The minimum Gasteiger partial charge on any atom is -0.390 e. The molecule has 0 spiro atoms. The lowest BCUT2D eigenvalue weighted by atomic mass is 10.1. The van der Waals surface area contributed by atoms with Gasteiger partial charge in [-0.1, -0.05) is 129 Å². The van der Waals surface area contributed by atoms with Crippen LogP contribution in [0.15, 0.2) is 19.2 Å². The summed E-state index contributed by atoms with van der Waals surface area (Å²) >= 11 is 0. The van der Waals surface area contributed by atoms with Gasteiger partial charge in [-0.25, -0.2) is 0 Å². The van der Waals surface area contributed by atoms with Crippen molar-refractivity contribution in [1.29, 1.82) is 0 Å². The van der Waals surface area contributed by atoms with E-state index >= 15 is 0 Å². The Balaban J connectivity index is 1.64. The summed E-state index contributed by atoms with van der Waals surface area (Å²) in [6.45, 7) is 12.1. The minimum atomic E-state index is -0.716. The molecule has 10 nitrogen and oxygen atoms in total. The minimum absolute atomic E-state index is 0.183. The van der Waals surface area contributed by atoms with Crippen molar-refractivity contribution >= 4 is 22.7 Å². The van der Waals surface area contributed by atoms with Crippen LogP contribution in [0, 0.1) is 0 Å². The van der Waals surface area contributed by atoms with Gasteiger partial charge in [0.25, 0.3) is 21.7 Å². The van der Waals surface area contributed by atoms with E-state index in [2.05, 4.69) is 48.5 Å². The lowest BCUT2D eigenvalue weighted by Gasteiger charge is -2.29. The molecule has 0 radical (unpaired) electrons. The van der Waals surface area contributed by atoms with Gasteiger partial charge in [0.05, 0.1) is 6.10 Å². The molecule has 0 amide bonds. The predicted molar refractivity (Wildman–Crippen MR) is 227 cm³/mol. The van der Waals surface area contributed by atoms with Crippen LogP contribution in [0.3, 0.4) is 0 Å². The third-order valence-corrected chi connectivity index (χ3v) is 10.7. The molecule has 0 heterocycles. The third-order valence-electron chi connectivity index (χ3n) is 10.7. The summed E-state index contributed by atoms with van der Waals surface area (Å²) in [6, 6.07) is 0.210. The molecule has 1 unspecified atom stereocenters. The van der Waals surface area contributed by atoms with E-state index in [-0.39, 0.29) is 18.3 Å². The predicted octanol–water partition coefficient (Wildman–Crippen LogP) is 7.94. The fourth-order valence-electron chi connectivity index (χ4n) is 7.18. The topological polar surface area (TPSA) is 131 Å². The molecule has 0 fully saturated rings. The molecular weight excluding hydrogens is 667 g/mol. The summed E-state index contributed by atoms with van der Waals surface area (Å²) in [5.41, 5.74) is -0.218. The van der Waals surface area contributed by atoms with Crippen molar-refractivity contribution in [2.45, 2.75) is 181 Å². The van der Waals surface area contributed by atoms with Crippen LogP contribution >= 0.6 is 0 Å². The number of nitrogens with zero attached hydrogens (tertiary/aromatic N) is 2. The van der Waals surface area contributed by atoms with Gasteiger partial charge in [0.1, 0.15) is 22.7 Å². The van der Waals surface area contributed by atoms with Crippen LogP contribution in [0.1, 0.15) is 169 Å². The van der Waals surface area contributed by atoms with E-state index < -0.39 is 27.8 Å². The van der Waals surface area contributed by atoms with Crippen molar-refractivity contribution in [3.05, 3.63) is 40.9 Å². The van der Waals surface area contributed by atoms with Crippen LogP contribution < -0.4 is 42.6 Å². The Morgan fingerprint density at radius 3 is 1.38 bits per heavy atom. The summed E-state index contributed by atoms with van der Waals surface area (Å²) < 4.78 is 0. The summed E-state index contributed by atoms with van der Waals surface area (Å²) in [4.78, 5) is 53.3. The first-order valence-corrected chi connectivity index (χ1v) is 21.6. The maximum Gasteiger partial charge on any atom is 0.253 e. The lowest BCUT2D eigenvalue weighted by molar-refractivity contribution is 0.102. The molecule has 0 bridgehead atoms. The van der Waals surface area contributed by atoms with Gasteiger partial charge in [-0.05, 0) is 46.1 Å². The van der Waals surface area contributed by atoms with Gasteiger partial charge in [0.15, 0.2) is 0 Å². The summed E-state index contributed by atoms with van der Waals surface area (Å²) in [6.07, 6.45) is 26.0. The maximum absolute atomic E-state index is 12.4. The Kier molecular flexibility index (Phi) is 24.4. The highest BCUT2D eigenvalue weighted by molar-refractivity contribution is 5.75. The number of anilines is 4. The van der Waals surface area contributed by atoms with E-state index in [0.29, 0.717) is 43.2 Å². The van der Waals surface area contributed by atoms with Gasteiger partial charge in [0.2, 0.25) is 0 Å². The zero-order chi connectivity index (χ0) is 38.8. The second kappa shape index (κ2) is 27.8. The van der Waals surface area contributed by atoms with E-state index in [1.54, 1.807) is 0 Å². The molecule has 0 saturated carbocycles. The zero-order valence-corrected chi connectivity index (χ0v) is 34.4. The second-order valence-electron chi connectivity index (χ2n) is 15.8. The van der Waals surface area contributed by atoms with Gasteiger partial charge < -0.3 is 26.0 Å². The molecule has 2 aromatic carbocycles. The van der Waals surface area contributed by atoms with Crippen LogP contribution in [0.25, 0.3) is 0 Å². The summed E-state index contributed by atoms with van der Waals surface area (Å²) in [5, 5.41) is 20.3. The number of aliphatic hydroxyl groups is 1. The van der Waals surface area contributed by atoms with Crippen LogP contribution in [-0.2, 0) is 0 Å². The quantitative estimate of drug-likeness (QED) is 0.0403. The Hall–Kier alpha value is -2.72. The number of unbranched alkanes of at least 4 members (excludes halogenated alkanes) is 19. The number of hydrogen-bond acceptors (Lipinski definition) is 10. The molecule has 0 aliphatic carbocycles. The molecule has 2 aromatic rings. The Bertz CT molecular complexity index is 1380. The molecule has 0 aliphatic heterocycles. The molecular formula is C43H77N5O5. The van der Waals surface area contributed by atoms with Crippen molar-refractivity contribution in [2.24, 2.45) is 0 Å². The Morgan fingerprint density at radius 1 is 0.509 bits per heavy atom. The molecule has 0 saturated heterocycles. The largest absolute Gasteiger partial charge is 0.390 e. The molecule has 4 N–H and O–H groups in total. The van der Waals surface area contributed by atoms with E-state index in [4.69, 9.17) is 0 Å². The highest BCUT2D eigenvalue weighted by Gasteiger charge is 2.24. The average molecular weight is 744 g/mol. The van der Waals surface area contributed by atoms with E-state index in [1.807, 2.05) is 11.9 Å². The molecule has 10 heteroatoms. The lowest BCUT2D eigenvalue weighted by Crippen LogP contribution is -2.43. The van der Waals surface area contributed by atoms with Crippen LogP contribution in [0.2, 0.25) is 0 Å². The van der Waals surface area contributed by atoms with Gasteiger partial charge in [0, 0.05) is 45.8 Å². The van der Waals surface area contributed by atoms with Crippen molar-refractivity contribution < 1.29 is 5.11 Å². The standard InChI is InChI=1S/C43H77N5O5/c1-6-8-10-12-14-16-18-20-22-24-28-44-36-37(41(51)40(36)50)46-32-35(49)33-48(34(3)4)31-27-26-30-47(5)39-38(42(52)43(39)53)45-29-25-23-21-19-17-15-13-11-9-7-2/h34-35,44-46,49H,6-33H2,1-5H3. The molecule has 0 aromatic heterocycles. The van der Waals surface area contributed by atoms with Crippen molar-refractivity contribution in [3.8, 4) is 0 Å². The van der Waals surface area contributed by atoms with Crippen LogP contribution in [0.4, 0.5) is 22.7 Å². The van der Waals surface area contributed by atoms with Gasteiger partial charge in [-0.15, -0.1) is 0 Å². The maximum atomic E-state index is 12.4. The van der Waals surface area contributed by atoms with E-state index in [1.165, 1.54) is 103 Å². The fraction of sp³-hybridized carbons (Fsp3) is 0.814. The highest BCUT2D eigenvalue weighted by atomic mass is 16.3. The number of nitrogens with one attached hydrogen (secondary N) is 3. The Labute approximate surface area is 321 Å². The molecule has 2 rings (SSSR count). The van der Waals surface area contributed by atoms with Crippen LogP contribution in [-0.4, -0.2) is 68.5 Å². The number of hydrogen-bond donors (Lipinski definition) is 4. The molecule has 53 heavy (non-hydrogen) atoms. The monoisotopic (exact) mass is 744 g/mol. The molecule has 304 valence electrons. The molecule has 1 atom stereocenters. The van der Waals surface area contributed by atoms with Gasteiger partial charge >= 0.3 is 0 Å². The van der Waals surface area contributed by atoms with Crippen molar-refractivity contribution in [1.82, 2.24) is 4.90 Å². The van der Waals surface area contributed by atoms with Crippen LogP contribution in [0.5, 0.6) is 0 Å². The normalized spacial score (nSPS) is 12.4. The average Bonchev–Trinajstić information content (AvgIpc) is 3.15. The van der Waals surface area contributed by atoms with Gasteiger partial charge in [-0.2, -0.15) is 0 Å². The number of aliphatic hydroxyl groups excluding tert-OH is 1. The highest BCUT2D eigenvalue weighted by Crippen LogP contribution is 2.20. The molecule has 0 aliphatic rings. The summed E-state index contributed by atoms with van der Waals surface area (Å²) in [7, 11) is 1.87. The van der Waals surface area contributed by atoms with Crippen molar-refractivity contribution in [2.75, 3.05) is 67.2 Å². The fourth-order valence-corrected chi connectivity index (χ4v) is 7.18. The SMILES string of the molecule is CCCCCCCCCCCCNc1c(NCC(O)CN(CCCCN(C)c2c(NCCCCCCCCCCCC)c(=O)c2=O)C(C)C)c(=O)c1=O. The first kappa shape index (κ1) is 46.4. The third kappa shape index (κ3) is 17.5.